The fourth-order valence-electron chi connectivity index (χ4n) is 4.38. The second-order valence-electron chi connectivity index (χ2n) is 7.65. The number of carbonyl (C=O) groups is 1. The second-order valence-corrected chi connectivity index (χ2v) is 7.65. The molecule has 1 fully saturated rings. The van der Waals surface area contributed by atoms with Gasteiger partial charge in [0.15, 0.2) is 0 Å². The molecule has 1 saturated carbocycles. The Hall–Kier alpha value is -2.10. The third kappa shape index (κ3) is 2.36. The SMILES string of the molecule is CC(C)N(Cc1cnn(C)c1)C(=O)C1CC12CCc1ccccc12. The van der Waals surface area contributed by atoms with Crippen LogP contribution < -0.4 is 0 Å². The summed E-state index contributed by atoms with van der Waals surface area (Å²) in [6, 6.07) is 8.88. The van der Waals surface area contributed by atoms with Crippen LogP contribution in [0.1, 0.15) is 43.4 Å². The number of hydrogen-bond acceptors (Lipinski definition) is 2. The molecular formula is C20H25N3O. The summed E-state index contributed by atoms with van der Waals surface area (Å²) in [7, 11) is 1.91. The molecule has 0 radical (unpaired) electrons. The van der Waals surface area contributed by atoms with Crippen molar-refractivity contribution in [1.82, 2.24) is 14.7 Å². The van der Waals surface area contributed by atoms with Gasteiger partial charge in [0.1, 0.15) is 0 Å². The molecule has 2 atom stereocenters. The van der Waals surface area contributed by atoms with E-state index < -0.39 is 0 Å². The van der Waals surface area contributed by atoms with E-state index >= 15 is 0 Å². The number of amides is 1. The zero-order chi connectivity index (χ0) is 16.9. The Morgan fingerprint density at radius 3 is 2.92 bits per heavy atom. The van der Waals surface area contributed by atoms with Crippen LogP contribution in [-0.4, -0.2) is 26.6 Å². The maximum absolute atomic E-state index is 13.2. The quantitative estimate of drug-likeness (QED) is 0.867. The number of carbonyl (C=O) groups excluding carboxylic acids is 1. The Kier molecular flexibility index (Phi) is 3.52. The van der Waals surface area contributed by atoms with Crippen LogP contribution in [0.2, 0.25) is 0 Å². The van der Waals surface area contributed by atoms with E-state index in [0.29, 0.717) is 12.5 Å². The monoisotopic (exact) mass is 323 g/mol. The van der Waals surface area contributed by atoms with Gasteiger partial charge in [-0.1, -0.05) is 24.3 Å². The van der Waals surface area contributed by atoms with Crippen LogP contribution in [-0.2, 0) is 30.2 Å². The van der Waals surface area contributed by atoms with E-state index in [-0.39, 0.29) is 17.4 Å². The predicted molar refractivity (Wildman–Crippen MR) is 93.4 cm³/mol. The normalized spacial score (nSPS) is 24.4. The molecule has 1 aromatic carbocycles. The summed E-state index contributed by atoms with van der Waals surface area (Å²) in [5.41, 5.74) is 4.08. The average molecular weight is 323 g/mol. The van der Waals surface area contributed by atoms with E-state index in [9.17, 15) is 4.79 Å². The molecule has 2 aromatic rings. The van der Waals surface area contributed by atoms with Crippen LogP contribution in [0.15, 0.2) is 36.7 Å². The Balaban J connectivity index is 1.55. The van der Waals surface area contributed by atoms with Gasteiger partial charge in [-0.15, -0.1) is 0 Å². The van der Waals surface area contributed by atoms with Crippen molar-refractivity contribution in [1.29, 1.82) is 0 Å². The van der Waals surface area contributed by atoms with E-state index in [1.54, 1.807) is 4.68 Å². The van der Waals surface area contributed by atoms with E-state index in [2.05, 4.69) is 43.2 Å². The lowest BCUT2D eigenvalue weighted by atomic mass is 9.95. The number of aromatic nitrogens is 2. The van der Waals surface area contributed by atoms with Crippen LogP contribution in [0.4, 0.5) is 0 Å². The average Bonchev–Trinajstić information content (AvgIpc) is 2.97. The van der Waals surface area contributed by atoms with Gasteiger partial charge in [-0.3, -0.25) is 9.48 Å². The van der Waals surface area contributed by atoms with Crippen LogP contribution in [0.3, 0.4) is 0 Å². The molecule has 2 aliphatic rings. The summed E-state index contributed by atoms with van der Waals surface area (Å²) in [6.07, 6.45) is 7.11. The van der Waals surface area contributed by atoms with Crippen molar-refractivity contribution in [2.24, 2.45) is 13.0 Å². The van der Waals surface area contributed by atoms with Gasteiger partial charge >= 0.3 is 0 Å². The minimum Gasteiger partial charge on any atom is -0.336 e. The van der Waals surface area contributed by atoms with Crippen molar-refractivity contribution < 1.29 is 4.79 Å². The number of aryl methyl sites for hydroxylation is 2. The van der Waals surface area contributed by atoms with Gasteiger partial charge in [0, 0.05) is 42.7 Å². The minimum atomic E-state index is 0.121. The molecular weight excluding hydrogens is 298 g/mol. The first-order valence-corrected chi connectivity index (χ1v) is 8.87. The number of rotatable bonds is 4. The van der Waals surface area contributed by atoms with Crippen LogP contribution >= 0.6 is 0 Å². The number of hydrogen-bond donors (Lipinski definition) is 0. The van der Waals surface area contributed by atoms with E-state index in [0.717, 1.165) is 24.8 Å². The summed E-state index contributed by atoms with van der Waals surface area (Å²) in [5.74, 6) is 0.464. The Labute approximate surface area is 143 Å². The van der Waals surface area contributed by atoms with Crippen molar-refractivity contribution >= 4 is 5.91 Å². The third-order valence-corrected chi connectivity index (χ3v) is 5.79. The lowest BCUT2D eigenvalue weighted by Crippen LogP contribution is -2.38. The predicted octanol–water partition coefficient (Wildman–Crippen LogP) is 3.06. The molecule has 2 unspecified atom stereocenters. The highest BCUT2D eigenvalue weighted by Gasteiger charge is 2.62. The lowest BCUT2D eigenvalue weighted by molar-refractivity contribution is -0.135. The first-order chi connectivity index (χ1) is 11.5. The summed E-state index contributed by atoms with van der Waals surface area (Å²) in [6.45, 7) is 4.86. The summed E-state index contributed by atoms with van der Waals surface area (Å²) >= 11 is 0. The molecule has 1 aromatic heterocycles. The largest absolute Gasteiger partial charge is 0.336 e. The molecule has 0 N–H and O–H groups in total. The third-order valence-electron chi connectivity index (χ3n) is 5.79. The van der Waals surface area contributed by atoms with Crippen molar-refractivity contribution in [3.8, 4) is 0 Å². The van der Waals surface area contributed by atoms with Crippen LogP contribution in [0.5, 0.6) is 0 Å². The van der Waals surface area contributed by atoms with E-state index in [1.807, 2.05) is 24.3 Å². The van der Waals surface area contributed by atoms with E-state index in [1.165, 1.54) is 11.1 Å². The molecule has 0 bridgehead atoms. The first kappa shape index (κ1) is 15.4. The van der Waals surface area contributed by atoms with Gasteiger partial charge in [0.05, 0.1) is 6.20 Å². The van der Waals surface area contributed by atoms with Gasteiger partial charge in [-0.25, -0.2) is 0 Å². The fraction of sp³-hybridized carbons (Fsp3) is 0.500. The Morgan fingerprint density at radius 1 is 1.42 bits per heavy atom. The molecule has 1 heterocycles. The van der Waals surface area contributed by atoms with Crippen molar-refractivity contribution in [2.45, 2.75) is 51.1 Å². The molecule has 2 aliphatic carbocycles. The zero-order valence-corrected chi connectivity index (χ0v) is 14.7. The highest BCUT2D eigenvalue weighted by molar-refractivity contribution is 5.85. The Bertz CT molecular complexity index is 779. The standard InChI is InChI=1S/C20H25N3O/c1-14(2)23(13-15-11-21-22(3)12-15)19(24)18-10-20(18)9-8-16-6-4-5-7-17(16)20/h4-7,11-12,14,18H,8-10,13H2,1-3H3. The van der Waals surface area contributed by atoms with Gasteiger partial charge in [0.2, 0.25) is 5.91 Å². The Morgan fingerprint density at radius 2 is 2.21 bits per heavy atom. The van der Waals surface area contributed by atoms with Crippen LogP contribution in [0, 0.1) is 5.92 Å². The first-order valence-electron chi connectivity index (χ1n) is 8.87. The van der Waals surface area contributed by atoms with Crippen molar-refractivity contribution in [2.75, 3.05) is 0 Å². The molecule has 0 saturated heterocycles. The molecule has 4 heteroatoms. The molecule has 126 valence electrons. The molecule has 1 spiro atoms. The number of nitrogens with zero attached hydrogens (tertiary/aromatic N) is 3. The van der Waals surface area contributed by atoms with Gasteiger partial charge in [-0.2, -0.15) is 5.10 Å². The van der Waals surface area contributed by atoms with Gasteiger partial charge in [-0.05, 0) is 44.2 Å². The lowest BCUT2D eigenvalue weighted by Gasteiger charge is -2.27. The maximum atomic E-state index is 13.2. The topological polar surface area (TPSA) is 38.1 Å². The summed E-state index contributed by atoms with van der Waals surface area (Å²) in [4.78, 5) is 15.3. The molecule has 0 aliphatic heterocycles. The van der Waals surface area contributed by atoms with Crippen molar-refractivity contribution in [3.05, 3.63) is 53.3 Å². The van der Waals surface area contributed by atoms with Gasteiger partial charge in [0.25, 0.3) is 0 Å². The summed E-state index contributed by atoms with van der Waals surface area (Å²) < 4.78 is 1.80. The van der Waals surface area contributed by atoms with Gasteiger partial charge < -0.3 is 4.90 Å². The zero-order valence-electron chi connectivity index (χ0n) is 14.7. The second kappa shape index (κ2) is 5.47. The van der Waals surface area contributed by atoms with Crippen molar-refractivity contribution in [3.63, 3.8) is 0 Å². The van der Waals surface area contributed by atoms with E-state index in [4.69, 9.17) is 0 Å². The smallest absolute Gasteiger partial charge is 0.227 e. The summed E-state index contributed by atoms with van der Waals surface area (Å²) in [5, 5.41) is 4.23. The number of fused-ring (bicyclic) bond motifs is 2. The molecule has 1 amide bonds. The highest BCUT2D eigenvalue weighted by atomic mass is 16.2. The fourth-order valence-corrected chi connectivity index (χ4v) is 4.38. The highest BCUT2D eigenvalue weighted by Crippen LogP contribution is 2.62. The molecule has 4 rings (SSSR count). The maximum Gasteiger partial charge on any atom is 0.227 e. The number of benzene rings is 1. The minimum absolute atomic E-state index is 0.121. The van der Waals surface area contributed by atoms with Crippen LogP contribution in [0.25, 0.3) is 0 Å². The molecule has 4 nitrogen and oxygen atoms in total. The molecule has 24 heavy (non-hydrogen) atoms.